The lowest BCUT2D eigenvalue weighted by molar-refractivity contribution is -0.145. The van der Waals surface area contributed by atoms with Gasteiger partial charge < -0.3 is 23.7 Å². The number of carbonyl (C=O) groups excluding carboxylic acids is 3. The quantitative estimate of drug-likeness (QED) is 0.0797. The van der Waals surface area contributed by atoms with Crippen LogP contribution in [0.5, 0.6) is 23.0 Å². The second kappa shape index (κ2) is 16.8. The number of hydrogen-bond acceptors (Lipinski definition) is 8. The Kier molecular flexibility index (Phi) is 12.0. The summed E-state index contributed by atoms with van der Waals surface area (Å²) in [5.41, 5.74) is 2.53. The molecule has 8 heteroatoms. The molecule has 0 aliphatic heterocycles. The van der Waals surface area contributed by atoms with Gasteiger partial charge in [0.05, 0.1) is 17.2 Å². The van der Waals surface area contributed by atoms with Crippen LogP contribution in [-0.4, -0.2) is 37.2 Å². The van der Waals surface area contributed by atoms with Crippen LogP contribution in [0.15, 0.2) is 110 Å². The van der Waals surface area contributed by atoms with Gasteiger partial charge in [-0.25, -0.2) is 14.4 Å². The highest BCUT2D eigenvalue weighted by Gasteiger charge is 2.32. The maximum absolute atomic E-state index is 12.7. The normalized spacial score (nSPS) is 17.2. The molecule has 1 aliphatic rings. The summed E-state index contributed by atoms with van der Waals surface area (Å²) in [6.45, 7) is 10.6. The van der Waals surface area contributed by atoms with Crippen LogP contribution in [-0.2, 0) is 9.53 Å². The van der Waals surface area contributed by atoms with Crippen molar-refractivity contribution < 1.29 is 38.1 Å². The van der Waals surface area contributed by atoms with E-state index in [-0.39, 0.29) is 24.0 Å². The smallest absolute Gasteiger partial charge is 0.343 e. The third kappa shape index (κ3) is 9.90. The van der Waals surface area contributed by atoms with Gasteiger partial charge in [-0.2, -0.15) is 0 Å². The Morgan fingerprint density at radius 2 is 1.16 bits per heavy atom. The van der Waals surface area contributed by atoms with Crippen molar-refractivity contribution in [2.75, 3.05) is 13.2 Å². The molecule has 5 rings (SSSR count). The fourth-order valence-corrected chi connectivity index (χ4v) is 5.91. The van der Waals surface area contributed by atoms with Gasteiger partial charge in [0.2, 0.25) is 0 Å². The summed E-state index contributed by atoms with van der Waals surface area (Å²) in [5, 5.41) is 0. The highest BCUT2D eigenvalue weighted by Crippen LogP contribution is 2.35. The molecule has 0 bridgehead atoms. The predicted molar refractivity (Wildman–Crippen MR) is 187 cm³/mol. The minimum atomic E-state index is -0.596. The molecule has 0 radical (unpaired) electrons. The van der Waals surface area contributed by atoms with Crippen molar-refractivity contribution >= 4 is 17.9 Å². The summed E-state index contributed by atoms with van der Waals surface area (Å²) in [7, 11) is 0. The zero-order valence-electron chi connectivity index (χ0n) is 28.1. The molecule has 4 aromatic carbocycles. The fraction of sp³-hybridized carbons (Fsp3) is 0.293. The van der Waals surface area contributed by atoms with Crippen molar-refractivity contribution in [2.45, 2.75) is 46.1 Å². The lowest BCUT2D eigenvalue weighted by Gasteiger charge is -2.36. The van der Waals surface area contributed by atoms with Crippen molar-refractivity contribution in [2.24, 2.45) is 17.8 Å². The number of carbonyl (C=O) groups is 3. The van der Waals surface area contributed by atoms with E-state index in [0.29, 0.717) is 41.4 Å². The van der Waals surface area contributed by atoms with E-state index in [4.69, 9.17) is 23.7 Å². The average Bonchev–Trinajstić information content (AvgIpc) is 3.11. The van der Waals surface area contributed by atoms with Gasteiger partial charge in [0.25, 0.3) is 0 Å². The number of rotatable bonds is 13. The van der Waals surface area contributed by atoms with Crippen molar-refractivity contribution in [1.82, 2.24) is 0 Å². The number of hydrogen-bond donors (Lipinski definition) is 0. The second-order valence-electron chi connectivity index (χ2n) is 12.6. The predicted octanol–water partition coefficient (Wildman–Crippen LogP) is 8.74. The number of ether oxygens (including phenoxy) is 5. The molecule has 0 N–H and O–H groups in total. The van der Waals surface area contributed by atoms with Crippen LogP contribution in [0.4, 0.5) is 0 Å². The van der Waals surface area contributed by atoms with Gasteiger partial charge >= 0.3 is 17.9 Å². The van der Waals surface area contributed by atoms with Crippen LogP contribution in [0, 0.1) is 17.8 Å². The van der Waals surface area contributed by atoms with E-state index in [1.807, 2.05) is 36.4 Å². The van der Waals surface area contributed by atoms with Gasteiger partial charge in [0, 0.05) is 0 Å². The lowest BCUT2D eigenvalue weighted by atomic mass is 9.75. The van der Waals surface area contributed by atoms with E-state index >= 15 is 0 Å². The molecule has 254 valence electrons. The molecule has 8 nitrogen and oxygen atoms in total. The topological polar surface area (TPSA) is 97.4 Å². The maximum atomic E-state index is 12.7. The molecular formula is C41H42O8. The monoisotopic (exact) mass is 662 g/mol. The molecule has 0 spiro atoms. The first-order valence-electron chi connectivity index (χ1n) is 16.6. The Hall–Kier alpha value is -5.21. The second-order valence-corrected chi connectivity index (χ2v) is 12.6. The summed E-state index contributed by atoms with van der Waals surface area (Å²) in [6.07, 6.45) is 4.97. The number of esters is 3. The van der Waals surface area contributed by atoms with Crippen LogP contribution < -0.4 is 18.9 Å². The molecule has 3 atom stereocenters. The highest BCUT2D eigenvalue weighted by atomic mass is 16.6. The molecule has 1 aliphatic carbocycles. The Labute approximate surface area is 287 Å². The van der Waals surface area contributed by atoms with E-state index in [9.17, 15) is 14.4 Å². The molecule has 0 aromatic heterocycles. The minimum Gasteiger partial charge on any atom is -0.490 e. The van der Waals surface area contributed by atoms with Crippen LogP contribution in [0.3, 0.4) is 0 Å². The first kappa shape index (κ1) is 35.1. The zero-order chi connectivity index (χ0) is 34.8. The van der Waals surface area contributed by atoms with E-state index in [1.165, 1.54) is 55.0 Å². The third-order valence-corrected chi connectivity index (χ3v) is 8.62. The molecular weight excluding hydrogens is 620 g/mol. The first-order valence-corrected chi connectivity index (χ1v) is 16.6. The van der Waals surface area contributed by atoms with Gasteiger partial charge in [0.1, 0.15) is 36.2 Å². The Balaban J connectivity index is 1.08. The first-order chi connectivity index (χ1) is 23.7. The largest absolute Gasteiger partial charge is 0.490 e. The van der Waals surface area contributed by atoms with E-state index in [1.54, 1.807) is 18.2 Å². The highest BCUT2D eigenvalue weighted by molar-refractivity contribution is 5.93. The van der Waals surface area contributed by atoms with E-state index in [2.05, 4.69) is 27.4 Å². The van der Waals surface area contributed by atoms with E-state index in [0.717, 1.165) is 29.7 Å². The third-order valence-electron chi connectivity index (χ3n) is 8.62. The molecule has 3 unspecified atom stereocenters. The lowest BCUT2D eigenvalue weighted by Crippen LogP contribution is -2.36. The Morgan fingerprint density at radius 1 is 0.694 bits per heavy atom. The van der Waals surface area contributed by atoms with Gasteiger partial charge in [-0.15, -0.1) is 0 Å². The molecule has 4 aromatic rings. The van der Waals surface area contributed by atoms with Gasteiger partial charge in [-0.3, -0.25) is 0 Å². The molecule has 1 saturated carbocycles. The summed E-state index contributed by atoms with van der Waals surface area (Å²) in [6, 6.07) is 27.1. The summed E-state index contributed by atoms with van der Waals surface area (Å²) in [4.78, 5) is 37.9. The molecule has 0 saturated heterocycles. The van der Waals surface area contributed by atoms with Gasteiger partial charge in [-0.1, -0.05) is 64.1 Å². The van der Waals surface area contributed by atoms with Gasteiger partial charge in [0.15, 0.2) is 0 Å². The maximum Gasteiger partial charge on any atom is 0.343 e. The van der Waals surface area contributed by atoms with Crippen molar-refractivity contribution in [3.05, 3.63) is 121 Å². The molecule has 49 heavy (non-hydrogen) atoms. The van der Waals surface area contributed by atoms with Crippen molar-refractivity contribution in [3.8, 4) is 34.1 Å². The van der Waals surface area contributed by atoms with Crippen LogP contribution in [0.2, 0.25) is 0 Å². The van der Waals surface area contributed by atoms with Crippen LogP contribution >= 0.6 is 0 Å². The summed E-state index contributed by atoms with van der Waals surface area (Å²) >= 11 is 0. The molecule has 0 heterocycles. The Bertz CT molecular complexity index is 1710. The molecule has 0 amide bonds. The zero-order valence-corrected chi connectivity index (χ0v) is 28.1. The number of benzene rings is 4. The molecule has 1 fully saturated rings. The van der Waals surface area contributed by atoms with Crippen LogP contribution in [0.1, 0.15) is 60.7 Å². The van der Waals surface area contributed by atoms with E-state index < -0.39 is 17.9 Å². The standard InChI is InChI=1S/C41H42O8/c1-5-24-45-33-15-7-29(8-16-33)30-9-17-35(18-10-30)48-41(44)32-13-21-36(22-14-32)49-40(43)31-11-19-34(20-12-31)47-39(42)26-46-38-25-28(4)6-23-37(38)27(2)3/h5,7-22,27-28,37-38H,1,6,23-26H2,2-4H3. The fourth-order valence-electron chi connectivity index (χ4n) is 5.91. The van der Waals surface area contributed by atoms with Crippen molar-refractivity contribution in [1.29, 1.82) is 0 Å². The van der Waals surface area contributed by atoms with Crippen LogP contribution in [0.25, 0.3) is 11.1 Å². The summed E-state index contributed by atoms with van der Waals surface area (Å²) in [5.74, 6) is 1.60. The van der Waals surface area contributed by atoms with Gasteiger partial charge in [-0.05, 0) is 115 Å². The van der Waals surface area contributed by atoms with Crippen molar-refractivity contribution in [3.63, 3.8) is 0 Å². The average molecular weight is 663 g/mol. The Morgan fingerprint density at radius 3 is 1.65 bits per heavy atom. The summed E-state index contributed by atoms with van der Waals surface area (Å²) < 4.78 is 27.9. The minimum absolute atomic E-state index is 0.0459. The SMILES string of the molecule is C=CCOc1ccc(-c2ccc(OC(=O)c3ccc(OC(=O)c4ccc(OC(=O)COC5CC(C)CCC5C(C)C)cc4)cc3)cc2)cc1.